The van der Waals surface area contributed by atoms with E-state index in [1.165, 1.54) is 10.6 Å². The standard InChI is InChI=1S/C10H11FN2O2S/c1-3-8-10(16(11,14)15)13-5-4-7(2)6-9(13)12-8/h4-6H,3H2,1-2H3. The molecule has 0 aliphatic carbocycles. The molecular weight excluding hydrogens is 231 g/mol. The average Bonchev–Trinajstić information content (AvgIpc) is 2.54. The van der Waals surface area contributed by atoms with E-state index < -0.39 is 10.2 Å². The SMILES string of the molecule is CCc1nc2cc(C)ccn2c1S(=O)(=O)F. The van der Waals surface area contributed by atoms with Gasteiger partial charge in [0.1, 0.15) is 5.65 Å². The first-order valence-corrected chi connectivity index (χ1v) is 6.24. The molecule has 0 amide bonds. The molecule has 0 aliphatic heterocycles. The lowest BCUT2D eigenvalue weighted by molar-refractivity contribution is 0.545. The number of pyridine rings is 1. The number of halogens is 1. The Balaban J connectivity index is 2.90. The van der Waals surface area contributed by atoms with Gasteiger partial charge < -0.3 is 0 Å². The van der Waals surface area contributed by atoms with E-state index in [-0.39, 0.29) is 10.7 Å². The minimum atomic E-state index is -4.74. The van der Waals surface area contributed by atoms with Crippen molar-refractivity contribution in [2.24, 2.45) is 0 Å². The second-order valence-electron chi connectivity index (χ2n) is 3.59. The van der Waals surface area contributed by atoms with Crippen LogP contribution >= 0.6 is 0 Å². The maximum atomic E-state index is 13.1. The summed E-state index contributed by atoms with van der Waals surface area (Å²) in [4.78, 5) is 4.10. The van der Waals surface area contributed by atoms with Crippen molar-refractivity contribution in [2.75, 3.05) is 0 Å². The minimum absolute atomic E-state index is 0.258. The monoisotopic (exact) mass is 242 g/mol. The van der Waals surface area contributed by atoms with Gasteiger partial charge in [-0.15, -0.1) is 0 Å². The zero-order chi connectivity index (χ0) is 11.9. The van der Waals surface area contributed by atoms with Gasteiger partial charge in [0.05, 0.1) is 5.69 Å². The molecule has 6 heteroatoms. The molecule has 0 fully saturated rings. The van der Waals surface area contributed by atoms with Crippen LogP contribution in [0.25, 0.3) is 5.65 Å². The van der Waals surface area contributed by atoms with Crippen molar-refractivity contribution in [3.8, 4) is 0 Å². The van der Waals surface area contributed by atoms with Crippen molar-refractivity contribution < 1.29 is 12.3 Å². The predicted octanol–water partition coefficient (Wildman–Crippen LogP) is 1.86. The Kier molecular flexibility index (Phi) is 2.46. The summed E-state index contributed by atoms with van der Waals surface area (Å²) < 4.78 is 36.5. The zero-order valence-electron chi connectivity index (χ0n) is 8.94. The van der Waals surface area contributed by atoms with E-state index in [0.717, 1.165) is 5.56 Å². The van der Waals surface area contributed by atoms with Crippen LogP contribution in [0.4, 0.5) is 3.89 Å². The lowest BCUT2D eigenvalue weighted by Crippen LogP contribution is -2.01. The van der Waals surface area contributed by atoms with E-state index in [9.17, 15) is 12.3 Å². The number of hydrogen-bond acceptors (Lipinski definition) is 3. The molecule has 0 bridgehead atoms. The number of imidazole rings is 1. The molecule has 2 rings (SSSR count). The molecule has 4 nitrogen and oxygen atoms in total. The lowest BCUT2D eigenvalue weighted by Gasteiger charge is -1.98. The van der Waals surface area contributed by atoms with Crippen LogP contribution in [0.15, 0.2) is 23.4 Å². The molecule has 0 aliphatic rings. The number of hydrogen-bond donors (Lipinski definition) is 0. The third kappa shape index (κ3) is 1.69. The molecule has 0 aromatic carbocycles. The molecule has 0 saturated carbocycles. The Labute approximate surface area is 93.0 Å². The molecule has 0 unspecified atom stereocenters. The Morgan fingerprint density at radius 2 is 2.19 bits per heavy atom. The van der Waals surface area contributed by atoms with E-state index in [4.69, 9.17) is 0 Å². The van der Waals surface area contributed by atoms with Crippen LogP contribution in [0.2, 0.25) is 0 Å². The molecule has 16 heavy (non-hydrogen) atoms. The Morgan fingerprint density at radius 1 is 1.50 bits per heavy atom. The number of rotatable bonds is 2. The van der Waals surface area contributed by atoms with Gasteiger partial charge in [-0.3, -0.25) is 4.40 Å². The van der Waals surface area contributed by atoms with Crippen molar-refractivity contribution >= 4 is 15.9 Å². The van der Waals surface area contributed by atoms with Gasteiger partial charge >= 0.3 is 10.2 Å². The summed E-state index contributed by atoms with van der Waals surface area (Å²) in [7, 11) is -4.74. The Bertz CT molecular complexity index is 646. The van der Waals surface area contributed by atoms with Crippen molar-refractivity contribution in [3.63, 3.8) is 0 Å². The summed E-state index contributed by atoms with van der Waals surface area (Å²) in [5, 5.41) is -0.356. The molecule has 0 spiro atoms. The molecule has 0 N–H and O–H groups in total. The quantitative estimate of drug-likeness (QED) is 0.755. The molecular formula is C10H11FN2O2S. The van der Waals surface area contributed by atoms with E-state index in [2.05, 4.69) is 4.98 Å². The second-order valence-corrected chi connectivity index (χ2v) is 4.85. The highest BCUT2D eigenvalue weighted by Crippen LogP contribution is 2.21. The summed E-state index contributed by atoms with van der Waals surface area (Å²) in [6.07, 6.45) is 1.89. The number of nitrogens with zero attached hydrogens (tertiary/aromatic N) is 2. The zero-order valence-corrected chi connectivity index (χ0v) is 9.75. The maximum Gasteiger partial charge on any atom is 0.350 e. The lowest BCUT2D eigenvalue weighted by atomic mass is 10.3. The number of fused-ring (bicyclic) bond motifs is 1. The highest BCUT2D eigenvalue weighted by Gasteiger charge is 2.23. The van der Waals surface area contributed by atoms with Crippen LogP contribution in [0.1, 0.15) is 18.2 Å². The summed E-state index contributed by atoms with van der Waals surface area (Å²) in [6.45, 7) is 3.60. The summed E-state index contributed by atoms with van der Waals surface area (Å²) in [6, 6.07) is 3.43. The molecule has 0 saturated heterocycles. The fourth-order valence-electron chi connectivity index (χ4n) is 1.66. The molecule has 0 radical (unpaired) electrons. The second kappa shape index (κ2) is 3.55. The molecule has 0 atom stereocenters. The summed E-state index contributed by atoms with van der Waals surface area (Å²) in [5.74, 6) is 0. The highest BCUT2D eigenvalue weighted by molar-refractivity contribution is 7.86. The van der Waals surface area contributed by atoms with Crippen LogP contribution in [0, 0.1) is 6.92 Å². The largest absolute Gasteiger partial charge is 0.350 e. The number of aromatic nitrogens is 2. The average molecular weight is 242 g/mol. The molecule has 2 heterocycles. The van der Waals surface area contributed by atoms with E-state index >= 15 is 0 Å². The minimum Gasteiger partial charge on any atom is -0.288 e. The van der Waals surface area contributed by atoms with Gasteiger partial charge in [-0.05, 0) is 31.0 Å². The van der Waals surface area contributed by atoms with Crippen LogP contribution in [0.5, 0.6) is 0 Å². The first-order chi connectivity index (χ1) is 7.43. The third-order valence-corrected chi connectivity index (χ3v) is 3.27. The van der Waals surface area contributed by atoms with Crippen molar-refractivity contribution in [3.05, 3.63) is 29.6 Å². The van der Waals surface area contributed by atoms with Gasteiger partial charge in [0.15, 0.2) is 5.03 Å². The van der Waals surface area contributed by atoms with E-state index in [1.54, 1.807) is 19.1 Å². The van der Waals surface area contributed by atoms with Gasteiger partial charge in [0.25, 0.3) is 0 Å². The molecule has 2 aromatic heterocycles. The van der Waals surface area contributed by atoms with E-state index in [0.29, 0.717) is 12.1 Å². The highest BCUT2D eigenvalue weighted by atomic mass is 32.3. The van der Waals surface area contributed by atoms with Crippen molar-refractivity contribution in [2.45, 2.75) is 25.3 Å². The Hall–Kier alpha value is -1.43. The van der Waals surface area contributed by atoms with Crippen molar-refractivity contribution in [1.82, 2.24) is 9.38 Å². The van der Waals surface area contributed by atoms with Crippen LogP contribution in [-0.2, 0) is 16.6 Å². The fourth-order valence-corrected chi connectivity index (χ4v) is 2.52. The summed E-state index contributed by atoms with van der Waals surface area (Å²) in [5.41, 5.74) is 1.66. The topological polar surface area (TPSA) is 51.4 Å². The van der Waals surface area contributed by atoms with Gasteiger partial charge in [0, 0.05) is 6.20 Å². The van der Waals surface area contributed by atoms with Gasteiger partial charge in [-0.1, -0.05) is 10.8 Å². The molecule has 86 valence electrons. The smallest absolute Gasteiger partial charge is 0.288 e. The molecule has 2 aromatic rings. The van der Waals surface area contributed by atoms with Crippen LogP contribution in [-0.4, -0.2) is 17.8 Å². The van der Waals surface area contributed by atoms with Crippen LogP contribution in [0.3, 0.4) is 0 Å². The first kappa shape index (κ1) is 11.1. The van der Waals surface area contributed by atoms with Gasteiger partial charge in [-0.2, -0.15) is 8.42 Å². The maximum absolute atomic E-state index is 13.1. The van der Waals surface area contributed by atoms with Crippen molar-refractivity contribution in [1.29, 1.82) is 0 Å². The summed E-state index contributed by atoms with van der Waals surface area (Å²) >= 11 is 0. The third-order valence-electron chi connectivity index (χ3n) is 2.37. The van der Waals surface area contributed by atoms with Gasteiger partial charge in [0.2, 0.25) is 0 Å². The van der Waals surface area contributed by atoms with E-state index in [1.807, 2.05) is 6.92 Å². The van der Waals surface area contributed by atoms with Gasteiger partial charge in [-0.25, -0.2) is 4.98 Å². The fraction of sp³-hybridized carbons (Fsp3) is 0.300. The normalized spacial score (nSPS) is 12.2. The Morgan fingerprint density at radius 3 is 2.75 bits per heavy atom. The predicted molar refractivity (Wildman–Crippen MR) is 57.6 cm³/mol. The van der Waals surface area contributed by atoms with Crippen LogP contribution < -0.4 is 0 Å². The number of aryl methyl sites for hydroxylation is 2. The first-order valence-electron chi connectivity index (χ1n) is 4.85.